The Kier molecular flexibility index (Phi) is 6.91. The normalized spacial score (nSPS) is 9.75. The number of hydrogen-bond acceptors (Lipinski definition) is 3. The van der Waals surface area contributed by atoms with Gasteiger partial charge in [0.15, 0.2) is 6.19 Å². The average Bonchev–Trinajstić information content (AvgIpc) is 2.10. The minimum atomic E-state index is 0.347. The van der Waals surface area contributed by atoms with E-state index >= 15 is 0 Å². The molecule has 64 valence electrons. The van der Waals surface area contributed by atoms with E-state index in [0.29, 0.717) is 24.8 Å². The third kappa shape index (κ3) is 5.45. The number of thiol groups is 1. The molecule has 0 atom stereocenters. The summed E-state index contributed by atoms with van der Waals surface area (Å²) in [5.41, 5.74) is 0. The van der Waals surface area contributed by atoms with Crippen LogP contribution in [0.25, 0.3) is 0 Å². The summed E-state index contributed by atoms with van der Waals surface area (Å²) in [5.74, 6) is 3.40. The van der Waals surface area contributed by atoms with E-state index in [0.717, 1.165) is 0 Å². The predicted octanol–water partition coefficient (Wildman–Crippen LogP) is -0.434. The molecule has 0 aliphatic carbocycles. The van der Waals surface area contributed by atoms with Gasteiger partial charge in [-0.2, -0.15) is 17.9 Å². The smallest absolute Gasteiger partial charge is 0.205 e. The topological polar surface area (TPSA) is 60.2 Å². The molecule has 0 fully saturated rings. The van der Waals surface area contributed by atoms with Gasteiger partial charge in [0.25, 0.3) is 0 Å². The van der Waals surface area contributed by atoms with Gasteiger partial charge >= 0.3 is 0 Å². The van der Waals surface area contributed by atoms with E-state index in [-0.39, 0.29) is 0 Å². The van der Waals surface area contributed by atoms with Crippen molar-refractivity contribution in [3.05, 3.63) is 0 Å². The van der Waals surface area contributed by atoms with Crippen molar-refractivity contribution in [1.82, 2.24) is 10.6 Å². The minimum absolute atomic E-state index is 0.347. The van der Waals surface area contributed by atoms with Gasteiger partial charge in [-0.25, -0.2) is 0 Å². The summed E-state index contributed by atoms with van der Waals surface area (Å²) < 4.78 is 0. The highest BCUT2D eigenvalue weighted by Gasteiger charge is 1.92. The van der Waals surface area contributed by atoms with Gasteiger partial charge in [0.05, 0.1) is 13.1 Å². The third-order valence-electron chi connectivity index (χ3n) is 0.902. The molecule has 0 aromatic carbocycles. The number of rotatable bonds is 3. The summed E-state index contributed by atoms with van der Waals surface area (Å²) in [6.45, 7) is 0.894. The summed E-state index contributed by atoms with van der Waals surface area (Å²) in [7, 11) is 0. The fourth-order valence-corrected chi connectivity index (χ4v) is 0.589. The molecule has 0 rings (SSSR count). The van der Waals surface area contributed by atoms with E-state index in [2.05, 4.69) is 34.2 Å². The molecule has 0 aromatic rings. The average molecular weight is 182 g/mol. The lowest BCUT2D eigenvalue weighted by molar-refractivity contribution is 0.968. The van der Waals surface area contributed by atoms with E-state index in [1.54, 1.807) is 6.19 Å². The van der Waals surface area contributed by atoms with Crippen LogP contribution in [0.5, 0.6) is 0 Å². The van der Waals surface area contributed by atoms with Crippen molar-refractivity contribution in [2.45, 2.75) is 0 Å². The van der Waals surface area contributed by atoms with Crippen LogP contribution in [-0.2, 0) is 0 Å². The Hall–Kier alpha value is -1.33. The molecule has 0 saturated heterocycles. The highest BCUT2D eigenvalue weighted by Crippen LogP contribution is 1.76. The summed E-state index contributed by atoms with van der Waals surface area (Å²) in [5, 5.41) is 13.4. The van der Waals surface area contributed by atoms with E-state index in [1.165, 1.54) is 0 Å². The molecule has 2 N–H and O–H groups in total. The first-order valence-electron chi connectivity index (χ1n) is 3.33. The van der Waals surface area contributed by atoms with E-state index in [4.69, 9.17) is 11.7 Å². The van der Waals surface area contributed by atoms with Gasteiger partial charge in [0.1, 0.15) is 0 Å². The first-order valence-corrected chi connectivity index (χ1v) is 3.96. The number of terminal acetylenes is 1. The molecular weight excluding hydrogens is 172 g/mol. The quantitative estimate of drug-likeness (QED) is 0.139. The lowest BCUT2D eigenvalue weighted by atomic mass is 10.6. The van der Waals surface area contributed by atoms with Gasteiger partial charge in [-0.1, -0.05) is 5.92 Å². The van der Waals surface area contributed by atoms with Gasteiger partial charge in [-0.15, -0.1) is 6.42 Å². The molecule has 12 heavy (non-hydrogen) atoms. The van der Waals surface area contributed by atoms with Crippen LogP contribution in [0.3, 0.4) is 0 Å². The van der Waals surface area contributed by atoms with E-state index in [1.807, 2.05) is 0 Å². The van der Waals surface area contributed by atoms with Crippen molar-refractivity contribution < 1.29 is 0 Å². The summed E-state index contributed by atoms with van der Waals surface area (Å²) in [4.78, 5) is 3.97. The van der Waals surface area contributed by atoms with Crippen molar-refractivity contribution in [1.29, 1.82) is 5.26 Å². The number of nitrogens with one attached hydrogen (secondary N) is 2. The number of aliphatic imine (C=N–C) groups is 1. The fraction of sp³-hybridized carbons (Fsp3) is 0.429. The van der Waals surface area contributed by atoms with Crippen molar-refractivity contribution in [3.63, 3.8) is 0 Å². The van der Waals surface area contributed by atoms with Gasteiger partial charge in [0, 0.05) is 5.75 Å². The SMILES string of the molecule is C#CCN/C(=N/CCS)NC#N. The zero-order valence-corrected chi connectivity index (χ0v) is 7.43. The lowest BCUT2D eigenvalue weighted by Gasteiger charge is -2.02. The van der Waals surface area contributed by atoms with Crippen LogP contribution >= 0.6 is 12.6 Å². The maximum absolute atomic E-state index is 8.28. The van der Waals surface area contributed by atoms with Crippen LogP contribution in [0.15, 0.2) is 4.99 Å². The number of nitriles is 1. The maximum atomic E-state index is 8.28. The van der Waals surface area contributed by atoms with Crippen molar-refractivity contribution in [3.8, 4) is 18.5 Å². The first-order chi connectivity index (χ1) is 5.85. The number of hydrogen-bond donors (Lipinski definition) is 3. The van der Waals surface area contributed by atoms with Crippen LogP contribution in [0, 0.1) is 23.8 Å². The Morgan fingerprint density at radius 3 is 2.92 bits per heavy atom. The zero-order valence-electron chi connectivity index (χ0n) is 6.54. The molecule has 0 bridgehead atoms. The van der Waals surface area contributed by atoms with Crippen LogP contribution < -0.4 is 10.6 Å². The molecule has 4 nitrogen and oxygen atoms in total. The third-order valence-corrected chi connectivity index (χ3v) is 1.10. The molecule has 0 spiro atoms. The number of nitrogens with zero attached hydrogens (tertiary/aromatic N) is 2. The highest BCUT2D eigenvalue weighted by atomic mass is 32.1. The zero-order chi connectivity index (χ0) is 9.23. The first kappa shape index (κ1) is 10.7. The fourth-order valence-electron chi connectivity index (χ4n) is 0.489. The Morgan fingerprint density at radius 2 is 2.42 bits per heavy atom. The molecule has 0 aromatic heterocycles. The van der Waals surface area contributed by atoms with Gasteiger partial charge in [-0.05, 0) is 0 Å². The molecule has 0 radical (unpaired) electrons. The van der Waals surface area contributed by atoms with Crippen LogP contribution in [-0.4, -0.2) is 24.8 Å². The highest BCUT2D eigenvalue weighted by molar-refractivity contribution is 7.80. The molecule has 0 heterocycles. The minimum Gasteiger partial charge on any atom is -0.345 e. The summed E-state index contributed by atoms with van der Waals surface area (Å²) in [6.07, 6.45) is 6.76. The molecule has 0 aliphatic heterocycles. The Labute approximate surface area is 77.5 Å². The maximum Gasteiger partial charge on any atom is 0.205 e. The predicted molar refractivity (Wildman–Crippen MR) is 51.7 cm³/mol. The second-order valence-electron chi connectivity index (χ2n) is 1.75. The van der Waals surface area contributed by atoms with Crippen molar-refractivity contribution in [2.24, 2.45) is 4.99 Å². The van der Waals surface area contributed by atoms with E-state index < -0.39 is 0 Å². The summed E-state index contributed by atoms with van der Waals surface area (Å²) in [6, 6.07) is 0. The Balaban J connectivity index is 3.88. The molecule has 0 unspecified atom stereocenters. The van der Waals surface area contributed by atoms with Crippen LogP contribution in [0.2, 0.25) is 0 Å². The Morgan fingerprint density at radius 1 is 1.67 bits per heavy atom. The standard InChI is InChI=1S/C7H10N4S/c1-2-3-9-7(11-6-8)10-4-5-12/h1,12H,3-5H2,(H2,9,10,11). The van der Waals surface area contributed by atoms with Crippen molar-refractivity contribution in [2.75, 3.05) is 18.8 Å². The largest absolute Gasteiger partial charge is 0.345 e. The monoisotopic (exact) mass is 182 g/mol. The summed E-state index contributed by atoms with van der Waals surface area (Å²) >= 11 is 3.97. The second kappa shape index (κ2) is 7.77. The van der Waals surface area contributed by atoms with Gasteiger partial charge in [0.2, 0.25) is 5.96 Å². The molecule has 0 amide bonds. The van der Waals surface area contributed by atoms with Crippen molar-refractivity contribution >= 4 is 18.6 Å². The molecular formula is C7H10N4S. The molecule has 0 saturated carbocycles. The van der Waals surface area contributed by atoms with Crippen LogP contribution in [0.4, 0.5) is 0 Å². The van der Waals surface area contributed by atoms with Gasteiger partial charge in [-0.3, -0.25) is 10.3 Å². The molecule has 5 heteroatoms. The molecule has 0 aliphatic rings. The Bertz CT molecular complexity index is 223. The van der Waals surface area contributed by atoms with E-state index in [9.17, 15) is 0 Å². The lowest BCUT2D eigenvalue weighted by Crippen LogP contribution is -2.34. The van der Waals surface area contributed by atoms with Gasteiger partial charge < -0.3 is 5.32 Å². The van der Waals surface area contributed by atoms with Crippen LogP contribution in [0.1, 0.15) is 0 Å². The second-order valence-corrected chi connectivity index (χ2v) is 2.20. The number of guanidine groups is 1.